The molecule has 2 N–H and O–H groups in total. The lowest BCUT2D eigenvalue weighted by molar-refractivity contribution is 0.176. The van der Waals surface area contributed by atoms with Gasteiger partial charge in [-0.1, -0.05) is 63.2 Å². The molecule has 2 aromatic rings. The van der Waals surface area contributed by atoms with Gasteiger partial charge in [-0.2, -0.15) is 0 Å². The average Bonchev–Trinajstić information content (AvgIpc) is 2.98. The molecule has 126 valence electrons. The van der Waals surface area contributed by atoms with Gasteiger partial charge in [-0.05, 0) is 21.8 Å². The van der Waals surface area contributed by atoms with Gasteiger partial charge in [0.25, 0.3) is 0 Å². The third-order valence-corrected chi connectivity index (χ3v) is 4.33. The standard InChI is InChI=1S/C19H23N3O2/c1-19(2,3)16-15(20-17(21-16)22-18(23)24-4)14-11-7-9-12-8-5-6-10-13(12)14/h5-11,15-16H,1-4H3,(H2,20,21,22,23). The second-order valence-electron chi connectivity index (χ2n) is 7.10. The maximum absolute atomic E-state index is 11.5. The van der Waals surface area contributed by atoms with Gasteiger partial charge in [-0.15, -0.1) is 0 Å². The van der Waals surface area contributed by atoms with E-state index in [1.807, 2.05) is 12.1 Å². The Balaban J connectivity index is 2.01. The maximum atomic E-state index is 11.5. The summed E-state index contributed by atoms with van der Waals surface area (Å²) in [6, 6.07) is 14.6. The van der Waals surface area contributed by atoms with Crippen molar-refractivity contribution in [1.29, 1.82) is 0 Å². The quantitative estimate of drug-likeness (QED) is 0.842. The third kappa shape index (κ3) is 3.07. The molecule has 0 radical (unpaired) electrons. The van der Waals surface area contributed by atoms with Gasteiger partial charge < -0.3 is 10.1 Å². The van der Waals surface area contributed by atoms with E-state index in [1.165, 1.54) is 23.4 Å². The predicted molar refractivity (Wildman–Crippen MR) is 96.0 cm³/mol. The van der Waals surface area contributed by atoms with Crippen molar-refractivity contribution in [3.8, 4) is 0 Å². The number of rotatable bonds is 1. The summed E-state index contributed by atoms with van der Waals surface area (Å²) in [6.07, 6.45) is -0.521. The second-order valence-corrected chi connectivity index (χ2v) is 7.10. The van der Waals surface area contributed by atoms with Crippen LogP contribution >= 0.6 is 0 Å². The molecule has 0 fully saturated rings. The van der Waals surface area contributed by atoms with Crippen LogP contribution in [-0.4, -0.2) is 25.2 Å². The molecule has 1 aliphatic heterocycles. The number of guanidine groups is 1. The average molecular weight is 325 g/mol. The van der Waals surface area contributed by atoms with Gasteiger partial charge in [-0.25, -0.2) is 9.79 Å². The first-order valence-corrected chi connectivity index (χ1v) is 8.07. The molecule has 0 aromatic heterocycles. The van der Waals surface area contributed by atoms with Crippen molar-refractivity contribution in [2.24, 2.45) is 10.4 Å². The van der Waals surface area contributed by atoms with Crippen LogP contribution in [-0.2, 0) is 4.74 Å². The van der Waals surface area contributed by atoms with Gasteiger partial charge in [0.15, 0.2) is 0 Å². The first kappa shape index (κ1) is 16.3. The molecular formula is C19H23N3O2. The predicted octanol–water partition coefficient (Wildman–Crippen LogP) is 3.61. The molecule has 2 aromatic carbocycles. The van der Waals surface area contributed by atoms with Crippen LogP contribution in [0.4, 0.5) is 4.79 Å². The van der Waals surface area contributed by atoms with E-state index in [0.29, 0.717) is 5.96 Å². The zero-order valence-electron chi connectivity index (χ0n) is 14.5. The maximum Gasteiger partial charge on any atom is 0.413 e. The van der Waals surface area contributed by atoms with Crippen LogP contribution in [0.15, 0.2) is 47.5 Å². The fraction of sp³-hybridized carbons (Fsp3) is 0.368. The van der Waals surface area contributed by atoms with E-state index in [0.717, 1.165) is 0 Å². The minimum atomic E-state index is -0.521. The molecule has 2 unspecified atom stereocenters. The third-order valence-electron chi connectivity index (χ3n) is 4.33. The van der Waals surface area contributed by atoms with Gasteiger partial charge in [0, 0.05) is 0 Å². The smallest absolute Gasteiger partial charge is 0.413 e. The van der Waals surface area contributed by atoms with Crippen LogP contribution in [0, 0.1) is 5.41 Å². The number of alkyl carbamates (subject to hydrolysis) is 1. The number of aliphatic imine (C=N–C) groups is 1. The molecule has 0 bridgehead atoms. The summed E-state index contributed by atoms with van der Waals surface area (Å²) >= 11 is 0. The Hall–Kier alpha value is -2.56. The zero-order valence-corrected chi connectivity index (χ0v) is 14.5. The summed E-state index contributed by atoms with van der Waals surface area (Å²) in [4.78, 5) is 16.2. The van der Waals surface area contributed by atoms with Crippen LogP contribution in [0.25, 0.3) is 10.8 Å². The van der Waals surface area contributed by atoms with Crippen molar-refractivity contribution >= 4 is 22.8 Å². The lowest BCUT2D eigenvalue weighted by Gasteiger charge is -2.30. The number of methoxy groups -OCH3 is 1. The molecule has 5 nitrogen and oxygen atoms in total. The Morgan fingerprint density at radius 3 is 2.58 bits per heavy atom. The van der Waals surface area contributed by atoms with E-state index in [4.69, 9.17) is 4.99 Å². The molecule has 0 aliphatic carbocycles. The summed E-state index contributed by atoms with van der Waals surface area (Å²) in [5, 5.41) is 8.40. The Kier molecular flexibility index (Phi) is 4.18. The number of carbonyl (C=O) groups excluding carboxylic acids is 1. The van der Waals surface area contributed by atoms with Crippen molar-refractivity contribution in [2.45, 2.75) is 32.9 Å². The molecule has 0 spiro atoms. The van der Waals surface area contributed by atoms with E-state index in [1.54, 1.807) is 0 Å². The fourth-order valence-corrected chi connectivity index (χ4v) is 3.16. The summed E-state index contributed by atoms with van der Waals surface area (Å²) < 4.78 is 4.67. The second kappa shape index (κ2) is 6.15. The Labute approximate surface area is 142 Å². The number of ether oxygens (including phenoxy) is 1. The molecule has 2 atom stereocenters. The molecule has 5 heteroatoms. The fourth-order valence-electron chi connectivity index (χ4n) is 3.16. The monoisotopic (exact) mass is 325 g/mol. The summed E-state index contributed by atoms with van der Waals surface area (Å²) in [5.41, 5.74) is 1.12. The topological polar surface area (TPSA) is 62.7 Å². The normalized spacial score (nSPS) is 20.4. The first-order chi connectivity index (χ1) is 11.4. The SMILES string of the molecule is COC(=O)NC1=NC(C(C)(C)C)C(c2cccc3ccccc23)N1. The van der Waals surface area contributed by atoms with Gasteiger partial charge in [0.2, 0.25) is 5.96 Å². The highest BCUT2D eigenvalue weighted by Crippen LogP contribution is 2.38. The number of nitrogens with zero attached hydrogens (tertiary/aromatic N) is 1. The van der Waals surface area contributed by atoms with Crippen molar-refractivity contribution in [3.05, 3.63) is 48.0 Å². The van der Waals surface area contributed by atoms with E-state index in [9.17, 15) is 4.79 Å². The molecule has 24 heavy (non-hydrogen) atoms. The molecular weight excluding hydrogens is 302 g/mol. The van der Waals surface area contributed by atoms with E-state index in [-0.39, 0.29) is 17.5 Å². The highest BCUT2D eigenvalue weighted by atomic mass is 16.5. The van der Waals surface area contributed by atoms with Crippen molar-refractivity contribution in [2.75, 3.05) is 7.11 Å². The lowest BCUT2D eigenvalue weighted by atomic mass is 9.80. The van der Waals surface area contributed by atoms with Crippen molar-refractivity contribution < 1.29 is 9.53 Å². The summed E-state index contributed by atoms with van der Waals surface area (Å²) in [7, 11) is 1.34. The number of nitrogens with one attached hydrogen (secondary N) is 2. The van der Waals surface area contributed by atoms with E-state index in [2.05, 4.69) is 66.5 Å². The van der Waals surface area contributed by atoms with Crippen LogP contribution < -0.4 is 10.6 Å². The molecule has 0 saturated heterocycles. The number of amides is 1. The number of benzene rings is 2. The van der Waals surface area contributed by atoms with Crippen molar-refractivity contribution in [3.63, 3.8) is 0 Å². The first-order valence-electron chi connectivity index (χ1n) is 8.07. The molecule has 0 saturated carbocycles. The highest BCUT2D eigenvalue weighted by Gasteiger charge is 2.39. The van der Waals surface area contributed by atoms with E-state index < -0.39 is 6.09 Å². The van der Waals surface area contributed by atoms with Crippen LogP contribution in [0.5, 0.6) is 0 Å². The minimum absolute atomic E-state index is 0.00420. The van der Waals surface area contributed by atoms with Crippen LogP contribution in [0.3, 0.4) is 0 Å². The lowest BCUT2D eigenvalue weighted by Crippen LogP contribution is -2.40. The minimum Gasteiger partial charge on any atom is -0.453 e. The molecule has 1 heterocycles. The Morgan fingerprint density at radius 1 is 1.17 bits per heavy atom. The van der Waals surface area contributed by atoms with Crippen LogP contribution in [0.1, 0.15) is 32.4 Å². The van der Waals surface area contributed by atoms with Gasteiger partial charge in [0.1, 0.15) is 0 Å². The number of hydrogen-bond donors (Lipinski definition) is 2. The molecule has 3 rings (SSSR count). The summed E-state index contributed by atoms with van der Waals surface area (Å²) in [6.45, 7) is 6.46. The molecule has 1 amide bonds. The van der Waals surface area contributed by atoms with Gasteiger partial charge >= 0.3 is 6.09 Å². The summed E-state index contributed by atoms with van der Waals surface area (Å²) in [5.74, 6) is 0.458. The number of carbonyl (C=O) groups is 1. The number of hydrogen-bond acceptors (Lipinski definition) is 4. The van der Waals surface area contributed by atoms with Gasteiger partial charge in [0.05, 0.1) is 19.2 Å². The Morgan fingerprint density at radius 2 is 1.88 bits per heavy atom. The molecule has 1 aliphatic rings. The Bertz CT molecular complexity index is 787. The largest absolute Gasteiger partial charge is 0.453 e. The van der Waals surface area contributed by atoms with E-state index >= 15 is 0 Å². The number of fused-ring (bicyclic) bond motifs is 1. The zero-order chi connectivity index (χ0) is 17.3. The van der Waals surface area contributed by atoms with Gasteiger partial charge in [-0.3, -0.25) is 5.32 Å². The van der Waals surface area contributed by atoms with Crippen LogP contribution in [0.2, 0.25) is 0 Å². The highest BCUT2D eigenvalue weighted by molar-refractivity contribution is 5.96. The van der Waals surface area contributed by atoms with Crippen molar-refractivity contribution in [1.82, 2.24) is 10.6 Å².